The van der Waals surface area contributed by atoms with Crippen molar-refractivity contribution >= 4 is 6.03 Å². The lowest BCUT2D eigenvalue weighted by atomic mass is 10.0. The van der Waals surface area contributed by atoms with E-state index in [-0.39, 0.29) is 18.1 Å². The van der Waals surface area contributed by atoms with E-state index < -0.39 is 0 Å². The van der Waals surface area contributed by atoms with E-state index in [1.807, 2.05) is 13.8 Å². The summed E-state index contributed by atoms with van der Waals surface area (Å²) in [7, 11) is 0. The van der Waals surface area contributed by atoms with Crippen molar-refractivity contribution in [2.75, 3.05) is 0 Å². The molecule has 18 heavy (non-hydrogen) atoms. The van der Waals surface area contributed by atoms with Crippen molar-refractivity contribution in [1.29, 1.82) is 0 Å². The van der Waals surface area contributed by atoms with Gasteiger partial charge in [-0.05, 0) is 45.2 Å². The van der Waals surface area contributed by atoms with E-state index in [9.17, 15) is 4.79 Å². The van der Waals surface area contributed by atoms with E-state index in [2.05, 4.69) is 49.6 Å². The fourth-order valence-corrected chi connectivity index (χ4v) is 1.95. The van der Waals surface area contributed by atoms with Gasteiger partial charge in [0.25, 0.3) is 0 Å². The molecule has 0 aliphatic heterocycles. The quantitative estimate of drug-likeness (QED) is 0.841. The number of hydrogen-bond acceptors (Lipinski definition) is 1. The summed E-state index contributed by atoms with van der Waals surface area (Å²) in [6.45, 7) is 10.2. The van der Waals surface area contributed by atoms with E-state index in [1.165, 1.54) is 16.7 Å². The van der Waals surface area contributed by atoms with Gasteiger partial charge in [0.1, 0.15) is 0 Å². The second kappa shape index (κ2) is 6.43. The molecule has 0 fully saturated rings. The minimum Gasteiger partial charge on any atom is -0.336 e. The normalized spacial score (nSPS) is 13.8. The van der Waals surface area contributed by atoms with Gasteiger partial charge < -0.3 is 10.6 Å². The van der Waals surface area contributed by atoms with Crippen LogP contribution in [0.1, 0.15) is 49.9 Å². The molecule has 3 nitrogen and oxygen atoms in total. The molecule has 0 heterocycles. The summed E-state index contributed by atoms with van der Waals surface area (Å²) in [5.41, 5.74) is 3.62. The molecule has 0 spiro atoms. The Kier molecular flexibility index (Phi) is 5.20. The molecule has 0 saturated heterocycles. The fraction of sp³-hybridized carbons (Fsp3) is 0.533. The van der Waals surface area contributed by atoms with Crippen molar-refractivity contribution in [3.63, 3.8) is 0 Å². The van der Waals surface area contributed by atoms with Gasteiger partial charge in [-0.2, -0.15) is 0 Å². The molecule has 100 valence electrons. The minimum atomic E-state index is -0.100. The number of nitrogens with one attached hydrogen (secondary N) is 2. The van der Waals surface area contributed by atoms with Crippen LogP contribution < -0.4 is 10.6 Å². The predicted molar refractivity (Wildman–Crippen MR) is 75.8 cm³/mol. The molecule has 1 aromatic carbocycles. The van der Waals surface area contributed by atoms with Crippen LogP contribution in [0.15, 0.2) is 18.2 Å². The van der Waals surface area contributed by atoms with Crippen molar-refractivity contribution in [3.05, 3.63) is 34.9 Å². The van der Waals surface area contributed by atoms with Gasteiger partial charge in [-0.15, -0.1) is 0 Å². The van der Waals surface area contributed by atoms with Crippen molar-refractivity contribution in [3.8, 4) is 0 Å². The molecule has 1 rings (SSSR count). The molecule has 0 radical (unpaired) electrons. The van der Waals surface area contributed by atoms with Gasteiger partial charge in [0.15, 0.2) is 0 Å². The van der Waals surface area contributed by atoms with Gasteiger partial charge in [0.2, 0.25) is 0 Å². The second-order valence-corrected chi connectivity index (χ2v) is 5.01. The fourth-order valence-electron chi connectivity index (χ4n) is 1.95. The van der Waals surface area contributed by atoms with Crippen LogP contribution in [-0.2, 0) is 0 Å². The third-order valence-electron chi connectivity index (χ3n) is 3.23. The zero-order valence-electron chi connectivity index (χ0n) is 12.0. The van der Waals surface area contributed by atoms with Crippen molar-refractivity contribution in [1.82, 2.24) is 10.6 Å². The Morgan fingerprint density at radius 1 is 1.22 bits per heavy atom. The van der Waals surface area contributed by atoms with Crippen LogP contribution in [0.3, 0.4) is 0 Å². The SMILES string of the molecule is CC[C@@H](C)NC(=O)N[C@H](C)c1ccc(C)cc1C. The topological polar surface area (TPSA) is 41.1 Å². The number of benzene rings is 1. The first-order chi connectivity index (χ1) is 8.43. The first kappa shape index (κ1) is 14.6. The molecular weight excluding hydrogens is 224 g/mol. The zero-order valence-corrected chi connectivity index (χ0v) is 12.0. The summed E-state index contributed by atoms with van der Waals surface area (Å²) < 4.78 is 0. The predicted octanol–water partition coefficient (Wildman–Crippen LogP) is 3.46. The maximum Gasteiger partial charge on any atom is 0.315 e. The van der Waals surface area contributed by atoms with E-state index in [0.717, 1.165) is 6.42 Å². The van der Waals surface area contributed by atoms with E-state index in [4.69, 9.17) is 0 Å². The molecule has 0 aliphatic carbocycles. The molecule has 0 aromatic heterocycles. The van der Waals surface area contributed by atoms with Crippen LogP contribution >= 0.6 is 0 Å². The van der Waals surface area contributed by atoms with Crippen LogP contribution in [0.2, 0.25) is 0 Å². The van der Waals surface area contributed by atoms with Gasteiger partial charge in [0.05, 0.1) is 6.04 Å². The van der Waals surface area contributed by atoms with Crippen molar-refractivity contribution in [2.24, 2.45) is 0 Å². The Labute approximate surface area is 110 Å². The van der Waals surface area contributed by atoms with Gasteiger partial charge in [-0.3, -0.25) is 0 Å². The third kappa shape index (κ3) is 4.06. The number of carbonyl (C=O) groups is 1. The van der Waals surface area contributed by atoms with E-state index >= 15 is 0 Å². The van der Waals surface area contributed by atoms with Crippen molar-refractivity contribution in [2.45, 2.75) is 53.1 Å². The molecule has 0 bridgehead atoms. The lowest BCUT2D eigenvalue weighted by molar-refractivity contribution is 0.234. The highest BCUT2D eigenvalue weighted by atomic mass is 16.2. The molecule has 1 aromatic rings. The first-order valence-electron chi connectivity index (χ1n) is 6.58. The molecular formula is C15H24N2O. The van der Waals surface area contributed by atoms with Crippen LogP contribution in [0.5, 0.6) is 0 Å². The summed E-state index contributed by atoms with van der Waals surface area (Å²) in [6.07, 6.45) is 0.936. The highest BCUT2D eigenvalue weighted by Gasteiger charge is 2.12. The largest absolute Gasteiger partial charge is 0.336 e. The number of hydrogen-bond donors (Lipinski definition) is 2. The lowest BCUT2D eigenvalue weighted by Crippen LogP contribution is -2.41. The van der Waals surface area contributed by atoms with Crippen LogP contribution in [-0.4, -0.2) is 12.1 Å². The molecule has 2 atom stereocenters. The average Bonchev–Trinajstić information content (AvgIpc) is 2.28. The Morgan fingerprint density at radius 2 is 1.89 bits per heavy atom. The summed E-state index contributed by atoms with van der Waals surface area (Å²) in [6, 6.07) is 6.43. The molecule has 0 unspecified atom stereocenters. The molecule has 0 aliphatic rings. The summed E-state index contributed by atoms with van der Waals surface area (Å²) in [4.78, 5) is 11.8. The molecule has 2 N–H and O–H groups in total. The minimum absolute atomic E-state index is 0.0228. The van der Waals surface area contributed by atoms with Gasteiger partial charge in [-0.25, -0.2) is 4.79 Å². The maximum absolute atomic E-state index is 11.8. The Bertz CT molecular complexity index is 415. The first-order valence-corrected chi connectivity index (χ1v) is 6.58. The lowest BCUT2D eigenvalue weighted by Gasteiger charge is -2.19. The summed E-state index contributed by atoms with van der Waals surface area (Å²) in [5, 5.41) is 5.88. The van der Waals surface area contributed by atoms with Crippen LogP contribution in [0.25, 0.3) is 0 Å². The number of carbonyl (C=O) groups excluding carboxylic acids is 1. The van der Waals surface area contributed by atoms with Gasteiger partial charge in [0, 0.05) is 6.04 Å². The monoisotopic (exact) mass is 248 g/mol. The Balaban J connectivity index is 2.64. The zero-order chi connectivity index (χ0) is 13.7. The number of rotatable bonds is 4. The van der Waals surface area contributed by atoms with E-state index in [0.29, 0.717) is 0 Å². The van der Waals surface area contributed by atoms with Crippen molar-refractivity contribution < 1.29 is 4.79 Å². The highest BCUT2D eigenvalue weighted by molar-refractivity contribution is 5.74. The molecule has 0 saturated carbocycles. The Morgan fingerprint density at radius 3 is 2.44 bits per heavy atom. The average molecular weight is 248 g/mol. The second-order valence-electron chi connectivity index (χ2n) is 5.01. The standard InChI is InChI=1S/C15H24N2O/c1-6-12(4)16-15(18)17-13(5)14-8-7-10(2)9-11(14)3/h7-9,12-13H,6H2,1-5H3,(H2,16,17,18)/t12-,13-/m1/s1. The van der Waals surface area contributed by atoms with E-state index in [1.54, 1.807) is 0 Å². The number of urea groups is 1. The number of aryl methyl sites for hydroxylation is 2. The molecule has 3 heteroatoms. The number of amides is 2. The Hall–Kier alpha value is -1.51. The molecule has 2 amide bonds. The summed E-state index contributed by atoms with van der Waals surface area (Å²) in [5.74, 6) is 0. The maximum atomic E-state index is 11.8. The van der Waals surface area contributed by atoms with Gasteiger partial charge >= 0.3 is 6.03 Å². The summed E-state index contributed by atoms with van der Waals surface area (Å²) >= 11 is 0. The highest BCUT2D eigenvalue weighted by Crippen LogP contribution is 2.18. The van der Waals surface area contributed by atoms with Crippen LogP contribution in [0.4, 0.5) is 4.79 Å². The van der Waals surface area contributed by atoms with Gasteiger partial charge in [-0.1, -0.05) is 30.7 Å². The smallest absolute Gasteiger partial charge is 0.315 e. The third-order valence-corrected chi connectivity index (χ3v) is 3.23. The van der Waals surface area contributed by atoms with Crippen LogP contribution in [0, 0.1) is 13.8 Å².